The molecule has 0 bridgehead atoms. The van der Waals surface area contributed by atoms with Gasteiger partial charge in [-0.15, -0.1) is 0 Å². The van der Waals surface area contributed by atoms with Crippen LogP contribution in [0.15, 0.2) is 0 Å². The van der Waals surface area contributed by atoms with Gasteiger partial charge < -0.3 is 10.8 Å². The molecule has 0 radical (unpaired) electrons. The van der Waals surface area contributed by atoms with Crippen molar-refractivity contribution in [1.29, 1.82) is 0 Å². The Bertz CT molecular complexity index is 147. The summed E-state index contributed by atoms with van der Waals surface area (Å²) in [6.45, 7) is 5.58. The maximum Gasteiger partial charge on any atom is 0.0770 e. The second-order valence-corrected chi connectivity index (χ2v) is 3.97. The molecule has 3 heteroatoms. The SMILES string of the molecule is CN1CC(CN)C(O)C1(C)C. The highest BCUT2D eigenvalue weighted by molar-refractivity contribution is 4.99. The molecule has 11 heavy (non-hydrogen) atoms. The Labute approximate surface area is 68.2 Å². The van der Waals surface area contributed by atoms with E-state index in [2.05, 4.69) is 4.90 Å². The molecule has 0 aromatic heterocycles. The lowest BCUT2D eigenvalue weighted by molar-refractivity contribution is 0.0517. The van der Waals surface area contributed by atoms with E-state index in [1.54, 1.807) is 0 Å². The first kappa shape index (κ1) is 8.97. The Morgan fingerprint density at radius 2 is 2.18 bits per heavy atom. The van der Waals surface area contributed by atoms with E-state index < -0.39 is 0 Å². The summed E-state index contributed by atoms with van der Waals surface area (Å²) in [6, 6.07) is 0. The molecule has 0 spiro atoms. The largest absolute Gasteiger partial charge is 0.391 e. The second kappa shape index (κ2) is 2.73. The molecule has 2 unspecified atom stereocenters. The highest BCUT2D eigenvalue weighted by Gasteiger charge is 2.43. The third kappa shape index (κ3) is 1.28. The highest BCUT2D eigenvalue weighted by atomic mass is 16.3. The van der Waals surface area contributed by atoms with Crippen molar-refractivity contribution >= 4 is 0 Å². The van der Waals surface area contributed by atoms with Crippen molar-refractivity contribution in [3.05, 3.63) is 0 Å². The molecule has 1 fully saturated rings. The zero-order valence-electron chi connectivity index (χ0n) is 7.54. The molecule has 3 N–H and O–H groups in total. The molecule has 1 saturated heterocycles. The maximum atomic E-state index is 9.77. The van der Waals surface area contributed by atoms with Gasteiger partial charge in [-0.2, -0.15) is 0 Å². The van der Waals surface area contributed by atoms with Gasteiger partial charge in [0.2, 0.25) is 0 Å². The number of nitrogens with two attached hydrogens (primary N) is 1. The maximum absolute atomic E-state index is 9.77. The Hall–Kier alpha value is -0.120. The van der Waals surface area contributed by atoms with Crippen LogP contribution in [0.2, 0.25) is 0 Å². The lowest BCUT2D eigenvalue weighted by atomic mass is 9.93. The van der Waals surface area contributed by atoms with Crippen LogP contribution >= 0.6 is 0 Å². The van der Waals surface area contributed by atoms with Crippen molar-refractivity contribution < 1.29 is 5.11 Å². The van der Waals surface area contributed by atoms with Crippen LogP contribution in [0.3, 0.4) is 0 Å². The van der Waals surface area contributed by atoms with Crippen LogP contribution in [-0.4, -0.2) is 41.8 Å². The molecule has 2 atom stereocenters. The standard InChI is InChI=1S/C8H18N2O/c1-8(2)7(11)6(4-9)5-10(8)3/h6-7,11H,4-5,9H2,1-3H3. The van der Waals surface area contributed by atoms with Gasteiger partial charge in [-0.1, -0.05) is 0 Å². The van der Waals surface area contributed by atoms with Crippen LogP contribution in [-0.2, 0) is 0 Å². The van der Waals surface area contributed by atoms with Gasteiger partial charge in [0.15, 0.2) is 0 Å². The monoisotopic (exact) mass is 158 g/mol. The van der Waals surface area contributed by atoms with Crippen LogP contribution in [0.5, 0.6) is 0 Å². The Morgan fingerprint density at radius 1 is 1.64 bits per heavy atom. The van der Waals surface area contributed by atoms with Gasteiger partial charge >= 0.3 is 0 Å². The molecular formula is C8H18N2O. The number of likely N-dealkylation sites (tertiary alicyclic amines) is 1. The van der Waals surface area contributed by atoms with Crippen molar-refractivity contribution in [2.24, 2.45) is 11.7 Å². The lowest BCUT2D eigenvalue weighted by Crippen LogP contribution is -2.43. The average Bonchev–Trinajstić information content (AvgIpc) is 2.14. The third-order valence-corrected chi connectivity index (χ3v) is 2.97. The van der Waals surface area contributed by atoms with Gasteiger partial charge in [-0.05, 0) is 27.4 Å². The van der Waals surface area contributed by atoms with E-state index in [1.807, 2.05) is 20.9 Å². The molecule has 0 aromatic carbocycles. The van der Waals surface area contributed by atoms with Crippen LogP contribution < -0.4 is 5.73 Å². The summed E-state index contributed by atoms with van der Waals surface area (Å²) >= 11 is 0. The van der Waals surface area contributed by atoms with Crippen molar-refractivity contribution in [1.82, 2.24) is 4.90 Å². The van der Waals surface area contributed by atoms with E-state index >= 15 is 0 Å². The van der Waals surface area contributed by atoms with Gasteiger partial charge in [0.25, 0.3) is 0 Å². The van der Waals surface area contributed by atoms with Crippen molar-refractivity contribution in [2.75, 3.05) is 20.1 Å². The highest BCUT2D eigenvalue weighted by Crippen LogP contribution is 2.30. The molecule has 66 valence electrons. The minimum atomic E-state index is -0.280. The number of likely N-dealkylation sites (N-methyl/N-ethyl adjacent to an activating group) is 1. The molecule has 1 heterocycles. The van der Waals surface area contributed by atoms with E-state index in [0.717, 1.165) is 6.54 Å². The number of nitrogens with zero attached hydrogens (tertiary/aromatic N) is 1. The predicted octanol–water partition coefficient (Wildman–Crippen LogP) is -0.354. The van der Waals surface area contributed by atoms with Crippen LogP contribution in [0.4, 0.5) is 0 Å². The Balaban J connectivity index is 2.71. The number of hydrogen-bond donors (Lipinski definition) is 2. The average molecular weight is 158 g/mol. The summed E-state index contributed by atoms with van der Waals surface area (Å²) in [7, 11) is 2.03. The molecular weight excluding hydrogens is 140 g/mol. The first-order valence-electron chi connectivity index (χ1n) is 4.09. The smallest absolute Gasteiger partial charge is 0.0770 e. The normalized spacial score (nSPS) is 37.9. The summed E-state index contributed by atoms with van der Waals surface area (Å²) in [5.74, 6) is 0.245. The zero-order valence-corrected chi connectivity index (χ0v) is 7.54. The molecule has 0 saturated carbocycles. The summed E-state index contributed by atoms with van der Waals surface area (Å²) in [5, 5.41) is 9.77. The topological polar surface area (TPSA) is 49.5 Å². The lowest BCUT2D eigenvalue weighted by Gasteiger charge is -2.30. The zero-order chi connectivity index (χ0) is 8.65. The summed E-state index contributed by atoms with van der Waals surface area (Å²) in [4.78, 5) is 2.16. The first-order chi connectivity index (χ1) is 5.00. The molecule has 1 aliphatic heterocycles. The molecule has 0 aliphatic carbocycles. The van der Waals surface area contributed by atoms with Gasteiger partial charge in [0.1, 0.15) is 0 Å². The molecule has 3 nitrogen and oxygen atoms in total. The van der Waals surface area contributed by atoms with Gasteiger partial charge in [0, 0.05) is 18.0 Å². The van der Waals surface area contributed by atoms with Gasteiger partial charge in [0.05, 0.1) is 6.10 Å². The van der Waals surface area contributed by atoms with E-state index in [-0.39, 0.29) is 17.6 Å². The fraction of sp³-hybridized carbons (Fsp3) is 1.00. The second-order valence-electron chi connectivity index (χ2n) is 3.97. The third-order valence-electron chi connectivity index (χ3n) is 2.97. The summed E-state index contributed by atoms with van der Waals surface area (Å²) in [5.41, 5.74) is 5.41. The quantitative estimate of drug-likeness (QED) is 0.548. The fourth-order valence-corrected chi connectivity index (χ4v) is 1.69. The molecule has 0 aromatic rings. The summed E-state index contributed by atoms with van der Waals surface area (Å²) < 4.78 is 0. The van der Waals surface area contributed by atoms with Gasteiger partial charge in [-0.3, -0.25) is 4.90 Å². The minimum absolute atomic E-state index is 0.107. The number of aliphatic hydroxyl groups is 1. The van der Waals surface area contributed by atoms with Crippen LogP contribution in [0.25, 0.3) is 0 Å². The van der Waals surface area contributed by atoms with Gasteiger partial charge in [-0.25, -0.2) is 0 Å². The fourth-order valence-electron chi connectivity index (χ4n) is 1.69. The number of aliphatic hydroxyl groups excluding tert-OH is 1. The van der Waals surface area contributed by atoms with E-state index in [0.29, 0.717) is 6.54 Å². The van der Waals surface area contributed by atoms with E-state index in [9.17, 15) is 5.11 Å². The minimum Gasteiger partial charge on any atom is -0.391 e. The predicted molar refractivity (Wildman–Crippen MR) is 45.3 cm³/mol. The van der Waals surface area contributed by atoms with Crippen LogP contribution in [0.1, 0.15) is 13.8 Å². The van der Waals surface area contributed by atoms with Crippen molar-refractivity contribution in [3.8, 4) is 0 Å². The number of hydrogen-bond acceptors (Lipinski definition) is 3. The molecule has 1 aliphatic rings. The summed E-state index contributed by atoms with van der Waals surface area (Å²) in [6.07, 6.45) is -0.280. The van der Waals surface area contributed by atoms with E-state index in [4.69, 9.17) is 5.73 Å². The van der Waals surface area contributed by atoms with Crippen LogP contribution in [0, 0.1) is 5.92 Å². The van der Waals surface area contributed by atoms with Crippen molar-refractivity contribution in [3.63, 3.8) is 0 Å². The molecule has 0 amide bonds. The Kier molecular flexibility index (Phi) is 2.23. The van der Waals surface area contributed by atoms with Crippen molar-refractivity contribution in [2.45, 2.75) is 25.5 Å². The first-order valence-corrected chi connectivity index (χ1v) is 4.09. The Morgan fingerprint density at radius 3 is 2.36 bits per heavy atom. The number of rotatable bonds is 1. The van der Waals surface area contributed by atoms with E-state index in [1.165, 1.54) is 0 Å². The molecule has 1 rings (SSSR count).